The van der Waals surface area contributed by atoms with Crippen molar-refractivity contribution in [1.29, 1.82) is 0 Å². The summed E-state index contributed by atoms with van der Waals surface area (Å²) in [6, 6.07) is 0. The van der Waals surface area contributed by atoms with E-state index >= 15 is 0 Å². The van der Waals surface area contributed by atoms with Crippen LogP contribution in [0.2, 0.25) is 0 Å². The molecule has 0 radical (unpaired) electrons. The maximum atomic E-state index is 12.6. The van der Waals surface area contributed by atoms with Gasteiger partial charge in [0.05, 0.1) is 19.4 Å². The highest BCUT2D eigenvalue weighted by Gasteiger charge is 2.32. The summed E-state index contributed by atoms with van der Waals surface area (Å²) in [4.78, 5) is -0.464. The standard InChI is InChI=1S/C8H11F2N3O3S/c9-8(10)7-6(5-11-12-7)17(14,15)13-1-3-16-4-2-13/h5,8H,1-4H2,(H,11,12). The molecule has 1 N–H and O–H groups in total. The van der Waals surface area contributed by atoms with E-state index in [1.54, 1.807) is 0 Å². The zero-order chi connectivity index (χ0) is 12.5. The van der Waals surface area contributed by atoms with Gasteiger partial charge in [-0.2, -0.15) is 9.40 Å². The first-order chi connectivity index (χ1) is 8.03. The number of hydrogen-bond acceptors (Lipinski definition) is 4. The minimum absolute atomic E-state index is 0.163. The van der Waals surface area contributed by atoms with Crippen molar-refractivity contribution in [3.05, 3.63) is 11.9 Å². The number of rotatable bonds is 3. The quantitative estimate of drug-likeness (QED) is 0.858. The van der Waals surface area contributed by atoms with Crippen molar-refractivity contribution in [1.82, 2.24) is 14.5 Å². The number of aromatic nitrogens is 2. The molecule has 6 nitrogen and oxygen atoms in total. The number of nitrogens with zero attached hydrogens (tertiary/aromatic N) is 2. The molecule has 17 heavy (non-hydrogen) atoms. The molecule has 0 atom stereocenters. The van der Waals surface area contributed by atoms with E-state index < -0.39 is 27.0 Å². The summed E-state index contributed by atoms with van der Waals surface area (Å²) in [5.74, 6) is 0. The topological polar surface area (TPSA) is 75.3 Å². The lowest BCUT2D eigenvalue weighted by atomic mass is 10.5. The summed E-state index contributed by atoms with van der Waals surface area (Å²) in [7, 11) is -3.91. The Morgan fingerprint density at radius 1 is 1.41 bits per heavy atom. The highest BCUT2D eigenvalue weighted by molar-refractivity contribution is 7.89. The van der Waals surface area contributed by atoms with Crippen LogP contribution in [-0.2, 0) is 14.8 Å². The number of aromatic amines is 1. The highest BCUT2D eigenvalue weighted by Crippen LogP contribution is 2.26. The summed E-state index contributed by atoms with van der Waals surface area (Å²) in [5, 5.41) is 5.38. The monoisotopic (exact) mass is 267 g/mol. The Balaban J connectivity index is 2.33. The predicted molar refractivity (Wildman–Crippen MR) is 53.1 cm³/mol. The van der Waals surface area contributed by atoms with Crippen LogP contribution in [0, 0.1) is 0 Å². The summed E-state index contributed by atoms with van der Waals surface area (Å²) < 4.78 is 55.4. The molecular weight excluding hydrogens is 256 g/mol. The van der Waals surface area contributed by atoms with Crippen molar-refractivity contribution in [2.45, 2.75) is 11.3 Å². The van der Waals surface area contributed by atoms with Crippen molar-refractivity contribution in [2.24, 2.45) is 0 Å². The average molecular weight is 267 g/mol. The molecule has 0 saturated carbocycles. The van der Waals surface area contributed by atoms with Crippen LogP contribution in [-0.4, -0.2) is 49.2 Å². The third kappa shape index (κ3) is 2.31. The second kappa shape index (κ2) is 4.67. The fourth-order valence-corrected chi connectivity index (χ4v) is 3.08. The van der Waals surface area contributed by atoms with E-state index in [0.29, 0.717) is 0 Å². The summed E-state index contributed by atoms with van der Waals surface area (Å²) in [6.45, 7) is 0.856. The Kier molecular flexibility index (Phi) is 3.40. The maximum Gasteiger partial charge on any atom is 0.281 e. The van der Waals surface area contributed by atoms with Crippen LogP contribution in [0.3, 0.4) is 0 Å². The Morgan fingerprint density at radius 2 is 2.06 bits per heavy atom. The molecule has 1 aliphatic heterocycles. The molecule has 0 amide bonds. The summed E-state index contributed by atoms with van der Waals surface area (Å²) in [6.07, 6.45) is -1.99. The van der Waals surface area contributed by atoms with Crippen molar-refractivity contribution < 1.29 is 21.9 Å². The van der Waals surface area contributed by atoms with Gasteiger partial charge >= 0.3 is 0 Å². The van der Waals surface area contributed by atoms with E-state index in [2.05, 4.69) is 5.10 Å². The molecule has 1 fully saturated rings. The number of H-pyrrole nitrogens is 1. The normalized spacial score (nSPS) is 18.8. The molecule has 0 unspecified atom stereocenters. The van der Waals surface area contributed by atoms with Crippen LogP contribution >= 0.6 is 0 Å². The van der Waals surface area contributed by atoms with E-state index in [-0.39, 0.29) is 26.3 Å². The molecule has 0 aliphatic carbocycles. The van der Waals surface area contributed by atoms with Gasteiger partial charge in [-0.1, -0.05) is 0 Å². The molecule has 2 heterocycles. The minimum Gasteiger partial charge on any atom is -0.379 e. The van der Waals surface area contributed by atoms with Gasteiger partial charge in [0.2, 0.25) is 10.0 Å². The van der Waals surface area contributed by atoms with Crippen LogP contribution in [0.4, 0.5) is 8.78 Å². The highest BCUT2D eigenvalue weighted by atomic mass is 32.2. The Labute approximate surface area is 96.6 Å². The number of sulfonamides is 1. The fourth-order valence-electron chi connectivity index (χ4n) is 1.57. The van der Waals surface area contributed by atoms with Crippen LogP contribution < -0.4 is 0 Å². The number of ether oxygens (including phenoxy) is 1. The molecule has 0 bridgehead atoms. The first-order valence-electron chi connectivity index (χ1n) is 4.93. The first kappa shape index (κ1) is 12.4. The van der Waals surface area contributed by atoms with Crippen molar-refractivity contribution in [3.63, 3.8) is 0 Å². The van der Waals surface area contributed by atoms with Gasteiger partial charge in [0.1, 0.15) is 10.6 Å². The third-order valence-corrected chi connectivity index (χ3v) is 4.36. The second-order valence-electron chi connectivity index (χ2n) is 3.47. The van der Waals surface area contributed by atoms with Gasteiger partial charge in [0, 0.05) is 13.1 Å². The zero-order valence-corrected chi connectivity index (χ0v) is 9.58. The molecular formula is C8H11F2N3O3S. The smallest absolute Gasteiger partial charge is 0.281 e. The van der Waals surface area contributed by atoms with Crippen LogP contribution in [0.15, 0.2) is 11.1 Å². The molecule has 0 spiro atoms. The Morgan fingerprint density at radius 3 is 2.65 bits per heavy atom. The van der Waals surface area contributed by atoms with E-state index in [9.17, 15) is 17.2 Å². The number of nitrogens with one attached hydrogen (secondary N) is 1. The van der Waals surface area contributed by atoms with Gasteiger partial charge in [0.25, 0.3) is 6.43 Å². The SMILES string of the molecule is O=S(=O)(c1cn[nH]c1C(F)F)N1CCOCC1. The van der Waals surface area contributed by atoms with Gasteiger partial charge in [-0.25, -0.2) is 17.2 Å². The fraction of sp³-hybridized carbons (Fsp3) is 0.625. The van der Waals surface area contributed by atoms with Crippen LogP contribution in [0.5, 0.6) is 0 Å². The van der Waals surface area contributed by atoms with Gasteiger partial charge in [-0.3, -0.25) is 5.10 Å². The van der Waals surface area contributed by atoms with Crippen molar-refractivity contribution >= 4 is 10.0 Å². The van der Waals surface area contributed by atoms with Crippen molar-refractivity contribution in [2.75, 3.05) is 26.3 Å². The van der Waals surface area contributed by atoms with Gasteiger partial charge in [0.15, 0.2) is 0 Å². The zero-order valence-electron chi connectivity index (χ0n) is 8.77. The summed E-state index contributed by atoms with van der Waals surface area (Å²) >= 11 is 0. The lowest BCUT2D eigenvalue weighted by Gasteiger charge is -2.25. The molecule has 1 aromatic rings. The molecule has 9 heteroatoms. The lowest BCUT2D eigenvalue weighted by molar-refractivity contribution is 0.0728. The average Bonchev–Trinajstić information content (AvgIpc) is 2.80. The van der Waals surface area contributed by atoms with E-state index in [4.69, 9.17) is 4.74 Å². The number of morpholine rings is 1. The Bertz CT molecular complexity index is 482. The molecule has 0 aromatic carbocycles. The van der Waals surface area contributed by atoms with E-state index in [0.717, 1.165) is 10.5 Å². The molecule has 2 rings (SSSR count). The van der Waals surface area contributed by atoms with Crippen LogP contribution in [0.1, 0.15) is 12.1 Å². The van der Waals surface area contributed by atoms with Crippen molar-refractivity contribution in [3.8, 4) is 0 Å². The van der Waals surface area contributed by atoms with E-state index in [1.807, 2.05) is 5.10 Å². The predicted octanol–water partition coefficient (Wildman–Crippen LogP) is 0.368. The lowest BCUT2D eigenvalue weighted by Crippen LogP contribution is -2.40. The Hall–Kier alpha value is -1.06. The maximum absolute atomic E-state index is 12.6. The van der Waals surface area contributed by atoms with Gasteiger partial charge < -0.3 is 4.74 Å². The molecule has 1 aliphatic rings. The summed E-state index contributed by atoms with van der Waals surface area (Å²) in [5.41, 5.74) is -0.670. The first-order valence-corrected chi connectivity index (χ1v) is 6.37. The molecule has 96 valence electrons. The molecule has 1 aromatic heterocycles. The molecule has 1 saturated heterocycles. The largest absolute Gasteiger partial charge is 0.379 e. The third-order valence-electron chi connectivity index (χ3n) is 2.44. The number of alkyl halides is 2. The minimum atomic E-state index is -3.91. The van der Waals surface area contributed by atoms with Gasteiger partial charge in [-0.15, -0.1) is 0 Å². The second-order valence-corrected chi connectivity index (χ2v) is 5.37. The number of halogens is 2. The van der Waals surface area contributed by atoms with Gasteiger partial charge in [-0.05, 0) is 0 Å². The number of hydrogen-bond donors (Lipinski definition) is 1. The van der Waals surface area contributed by atoms with Crippen LogP contribution in [0.25, 0.3) is 0 Å². The van der Waals surface area contributed by atoms with E-state index in [1.165, 1.54) is 0 Å².